The maximum absolute atomic E-state index is 13.6. The fraction of sp³-hybridized carbons (Fsp3) is 0.391. The first-order valence-electron chi connectivity index (χ1n) is 11.0. The minimum Gasteiger partial charge on any atom is -0.497 e. The van der Waals surface area contributed by atoms with E-state index in [9.17, 15) is 9.18 Å². The second-order valence-electron chi connectivity index (χ2n) is 7.83. The minimum absolute atomic E-state index is 0.0998. The summed E-state index contributed by atoms with van der Waals surface area (Å²) in [5.41, 5.74) is 1.66. The Labute approximate surface area is 196 Å². The maximum atomic E-state index is 13.6. The molecule has 1 N–H and O–H groups in total. The number of rotatable bonds is 9. The van der Waals surface area contributed by atoms with E-state index in [-0.39, 0.29) is 23.5 Å². The van der Waals surface area contributed by atoms with Gasteiger partial charge in [-0.1, -0.05) is 36.4 Å². The minimum atomic E-state index is -0.376. The number of ether oxygens (including phenoxy) is 1. The number of nitrogens with zero attached hydrogens (tertiary/aromatic N) is 5. The number of methoxy groups -OCH3 is 1. The molecule has 1 aliphatic rings. The number of hydrogen-bond donors (Lipinski definition) is 1. The van der Waals surface area contributed by atoms with Gasteiger partial charge in [0, 0.05) is 6.54 Å². The number of piperidine rings is 1. The molecule has 1 aliphatic heterocycles. The summed E-state index contributed by atoms with van der Waals surface area (Å²) in [6, 6.07) is 14.1. The van der Waals surface area contributed by atoms with Crippen molar-refractivity contribution in [2.75, 3.05) is 32.5 Å². The number of carbonyl (C=O) groups excluding carboxylic acids is 1. The Bertz CT molecular complexity index is 1060. The molecule has 0 aliphatic carbocycles. The Balaban J connectivity index is 1.37. The van der Waals surface area contributed by atoms with Gasteiger partial charge in [-0.05, 0) is 72.3 Å². The van der Waals surface area contributed by atoms with Gasteiger partial charge in [0.2, 0.25) is 11.1 Å². The number of thioether (sulfide) groups is 1. The summed E-state index contributed by atoms with van der Waals surface area (Å²) >= 11 is 1.21. The molecule has 1 fully saturated rings. The Hall–Kier alpha value is -2.98. The van der Waals surface area contributed by atoms with Crippen molar-refractivity contribution in [3.8, 4) is 11.4 Å². The predicted octanol–water partition coefficient (Wildman–Crippen LogP) is 3.25. The van der Waals surface area contributed by atoms with Crippen molar-refractivity contribution in [3.63, 3.8) is 0 Å². The number of tetrazole rings is 1. The highest BCUT2D eigenvalue weighted by Gasteiger charge is 2.23. The average molecular weight is 471 g/mol. The van der Waals surface area contributed by atoms with Crippen LogP contribution in [0.2, 0.25) is 0 Å². The van der Waals surface area contributed by atoms with Crippen LogP contribution in [-0.2, 0) is 4.79 Å². The Kier molecular flexibility index (Phi) is 7.90. The number of nitrogens with one attached hydrogen (secondary N) is 1. The number of likely N-dealkylation sites (tertiary alicyclic amines) is 1. The van der Waals surface area contributed by atoms with Crippen LogP contribution in [0, 0.1) is 5.82 Å². The van der Waals surface area contributed by atoms with Crippen LogP contribution in [0.3, 0.4) is 0 Å². The van der Waals surface area contributed by atoms with Crippen LogP contribution >= 0.6 is 11.8 Å². The molecule has 1 atom stereocenters. The summed E-state index contributed by atoms with van der Waals surface area (Å²) in [5, 5.41) is 15.0. The molecule has 0 radical (unpaired) electrons. The molecule has 3 aromatic rings. The molecule has 174 valence electrons. The third-order valence-corrected chi connectivity index (χ3v) is 6.57. The Morgan fingerprint density at radius 1 is 1.18 bits per heavy atom. The molecular formula is C23H27FN6O2S. The van der Waals surface area contributed by atoms with Gasteiger partial charge < -0.3 is 10.1 Å². The van der Waals surface area contributed by atoms with Gasteiger partial charge in [0.05, 0.1) is 24.6 Å². The van der Waals surface area contributed by atoms with Crippen molar-refractivity contribution in [1.82, 2.24) is 30.4 Å². The van der Waals surface area contributed by atoms with Gasteiger partial charge in [0.25, 0.3) is 0 Å². The molecular weight excluding hydrogens is 443 g/mol. The molecule has 0 bridgehead atoms. The number of hydrogen-bond acceptors (Lipinski definition) is 7. The summed E-state index contributed by atoms with van der Waals surface area (Å²) in [6.07, 6.45) is 3.58. The normalized spacial score (nSPS) is 15.2. The topological polar surface area (TPSA) is 85.2 Å². The fourth-order valence-electron chi connectivity index (χ4n) is 3.94. The standard InChI is InChI=1S/C23H27FN6O2S/c1-32-20-10-8-17(9-11-20)21(29-12-3-2-4-13-29)15-25-22(31)16-33-23-26-27-28-30(23)19-7-5-6-18(24)14-19/h5-11,14,21H,2-4,12-13,15-16H2,1H3,(H,25,31)/t21-/m0/s1. The lowest BCUT2D eigenvalue weighted by molar-refractivity contribution is -0.118. The summed E-state index contributed by atoms with van der Waals surface area (Å²) in [6.45, 7) is 2.55. The zero-order valence-corrected chi connectivity index (χ0v) is 19.3. The molecule has 1 saturated heterocycles. The van der Waals surface area contributed by atoms with E-state index in [1.807, 2.05) is 12.1 Å². The first-order valence-corrected chi connectivity index (χ1v) is 11.9. The van der Waals surface area contributed by atoms with Crippen LogP contribution in [0.4, 0.5) is 4.39 Å². The highest BCUT2D eigenvalue weighted by molar-refractivity contribution is 7.99. The largest absolute Gasteiger partial charge is 0.497 e. The SMILES string of the molecule is COc1ccc([C@H](CNC(=O)CSc2nnnn2-c2cccc(F)c2)N2CCCCC2)cc1. The zero-order chi connectivity index (χ0) is 23.0. The van der Waals surface area contributed by atoms with E-state index in [1.54, 1.807) is 19.2 Å². The Morgan fingerprint density at radius 3 is 2.70 bits per heavy atom. The lowest BCUT2D eigenvalue weighted by Gasteiger charge is -2.35. The quantitative estimate of drug-likeness (QED) is 0.481. The van der Waals surface area contributed by atoms with Gasteiger partial charge in [-0.15, -0.1) is 5.10 Å². The fourth-order valence-corrected chi connectivity index (χ4v) is 4.67. The maximum Gasteiger partial charge on any atom is 0.230 e. The summed E-state index contributed by atoms with van der Waals surface area (Å²) in [7, 11) is 1.65. The number of aromatic nitrogens is 4. The van der Waals surface area contributed by atoms with Crippen molar-refractivity contribution in [2.45, 2.75) is 30.5 Å². The van der Waals surface area contributed by atoms with Gasteiger partial charge in [-0.3, -0.25) is 9.69 Å². The summed E-state index contributed by atoms with van der Waals surface area (Å²) < 4.78 is 20.3. The van der Waals surface area contributed by atoms with Crippen LogP contribution in [0.25, 0.3) is 5.69 Å². The van der Waals surface area contributed by atoms with E-state index >= 15 is 0 Å². The molecule has 0 spiro atoms. The van der Waals surface area contributed by atoms with E-state index < -0.39 is 0 Å². The predicted molar refractivity (Wildman–Crippen MR) is 124 cm³/mol. The van der Waals surface area contributed by atoms with Gasteiger partial charge in [-0.2, -0.15) is 4.68 Å². The number of halogens is 1. The molecule has 1 aromatic heterocycles. The van der Waals surface area contributed by atoms with E-state index in [0.29, 0.717) is 17.4 Å². The molecule has 4 rings (SSSR count). The molecule has 0 saturated carbocycles. The van der Waals surface area contributed by atoms with Gasteiger partial charge >= 0.3 is 0 Å². The highest BCUT2D eigenvalue weighted by Crippen LogP contribution is 2.26. The lowest BCUT2D eigenvalue weighted by Crippen LogP contribution is -2.41. The van der Waals surface area contributed by atoms with Crippen LogP contribution in [0.15, 0.2) is 53.7 Å². The third kappa shape index (κ3) is 6.08. The average Bonchev–Trinajstić information content (AvgIpc) is 3.33. The highest BCUT2D eigenvalue weighted by atomic mass is 32.2. The number of benzene rings is 2. The second kappa shape index (κ2) is 11.2. The first kappa shape index (κ1) is 23.2. The molecule has 0 unspecified atom stereocenters. The first-order chi connectivity index (χ1) is 16.1. The molecule has 2 aromatic carbocycles. The number of carbonyl (C=O) groups is 1. The van der Waals surface area contributed by atoms with Crippen molar-refractivity contribution < 1.29 is 13.9 Å². The monoisotopic (exact) mass is 470 g/mol. The second-order valence-corrected chi connectivity index (χ2v) is 8.77. The van der Waals surface area contributed by atoms with Crippen LogP contribution in [0.1, 0.15) is 30.9 Å². The van der Waals surface area contributed by atoms with Crippen LogP contribution in [0.5, 0.6) is 5.75 Å². The third-order valence-electron chi connectivity index (χ3n) is 5.65. The van der Waals surface area contributed by atoms with E-state index in [1.165, 1.54) is 47.8 Å². The van der Waals surface area contributed by atoms with Gasteiger partial charge in [0.15, 0.2) is 0 Å². The van der Waals surface area contributed by atoms with E-state index in [4.69, 9.17) is 4.74 Å². The molecule has 10 heteroatoms. The van der Waals surface area contributed by atoms with Gasteiger partial charge in [0.1, 0.15) is 11.6 Å². The summed E-state index contributed by atoms with van der Waals surface area (Å²) in [4.78, 5) is 15.1. The molecule has 1 amide bonds. The van der Waals surface area contributed by atoms with Crippen molar-refractivity contribution in [2.24, 2.45) is 0 Å². The lowest BCUT2D eigenvalue weighted by atomic mass is 10.0. The molecule has 2 heterocycles. The smallest absolute Gasteiger partial charge is 0.230 e. The summed E-state index contributed by atoms with van der Waals surface area (Å²) in [5.74, 6) is 0.487. The van der Waals surface area contributed by atoms with Gasteiger partial charge in [-0.25, -0.2) is 4.39 Å². The van der Waals surface area contributed by atoms with Crippen molar-refractivity contribution in [1.29, 1.82) is 0 Å². The zero-order valence-electron chi connectivity index (χ0n) is 18.5. The van der Waals surface area contributed by atoms with Crippen LogP contribution in [-0.4, -0.2) is 63.5 Å². The van der Waals surface area contributed by atoms with Crippen molar-refractivity contribution >= 4 is 17.7 Å². The Morgan fingerprint density at radius 2 is 1.97 bits per heavy atom. The van der Waals surface area contributed by atoms with E-state index in [2.05, 4.69) is 37.9 Å². The van der Waals surface area contributed by atoms with Crippen molar-refractivity contribution in [3.05, 3.63) is 59.9 Å². The molecule has 8 nitrogen and oxygen atoms in total. The number of amides is 1. The van der Waals surface area contributed by atoms with Crippen LogP contribution < -0.4 is 10.1 Å². The molecule has 33 heavy (non-hydrogen) atoms. The van der Waals surface area contributed by atoms with E-state index in [0.717, 1.165) is 24.4 Å².